The Balaban J connectivity index is 2.55. The Morgan fingerprint density at radius 3 is 2.61 bits per heavy atom. The van der Waals surface area contributed by atoms with E-state index >= 15 is 0 Å². The average molecular weight is 271 g/mol. The summed E-state index contributed by atoms with van der Waals surface area (Å²) in [5.41, 5.74) is 0.714. The van der Waals surface area contributed by atoms with E-state index in [1.807, 2.05) is 6.07 Å². The van der Waals surface area contributed by atoms with Gasteiger partial charge in [-0.25, -0.2) is 4.79 Å². The predicted molar refractivity (Wildman–Crippen MR) is 73.1 cm³/mol. The highest BCUT2D eigenvalue weighted by atomic mass is 32.1. The molecule has 0 saturated carbocycles. The van der Waals surface area contributed by atoms with Crippen molar-refractivity contribution in [1.29, 1.82) is 0 Å². The third-order valence-corrected chi connectivity index (χ3v) is 4.54. The minimum absolute atomic E-state index is 0.0978. The minimum atomic E-state index is -0.874. The second-order valence-electron chi connectivity index (χ2n) is 4.55. The number of aliphatic hydroxyl groups is 1. The van der Waals surface area contributed by atoms with Gasteiger partial charge < -0.3 is 15.5 Å². The standard InChI is InChI=1S/C13H21NO3S/c1-3-13(4-2,9-15)8-14-7-10-5-6-18-11(10)12(16)17/h5-6,14-15H,3-4,7-9H2,1-2H3,(H,16,17). The van der Waals surface area contributed by atoms with Gasteiger partial charge in [-0.05, 0) is 29.9 Å². The van der Waals surface area contributed by atoms with Crippen LogP contribution in [0.2, 0.25) is 0 Å². The van der Waals surface area contributed by atoms with Crippen LogP contribution in [0, 0.1) is 5.41 Å². The van der Waals surface area contributed by atoms with Gasteiger partial charge in [0.1, 0.15) is 4.88 Å². The van der Waals surface area contributed by atoms with Gasteiger partial charge >= 0.3 is 5.97 Å². The quantitative estimate of drug-likeness (QED) is 0.679. The molecule has 0 atom stereocenters. The molecule has 0 fully saturated rings. The molecular formula is C13H21NO3S. The fraction of sp³-hybridized carbons (Fsp3) is 0.615. The van der Waals surface area contributed by atoms with E-state index in [4.69, 9.17) is 5.11 Å². The van der Waals surface area contributed by atoms with Gasteiger partial charge in [0, 0.05) is 25.1 Å². The molecule has 102 valence electrons. The van der Waals surface area contributed by atoms with E-state index in [0.717, 1.165) is 18.4 Å². The van der Waals surface area contributed by atoms with E-state index < -0.39 is 5.97 Å². The Labute approximate surface area is 112 Å². The molecule has 18 heavy (non-hydrogen) atoms. The molecule has 1 rings (SSSR count). The van der Waals surface area contributed by atoms with Gasteiger partial charge in [-0.1, -0.05) is 13.8 Å². The smallest absolute Gasteiger partial charge is 0.346 e. The maximum absolute atomic E-state index is 11.0. The third kappa shape index (κ3) is 3.54. The Morgan fingerprint density at radius 1 is 1.44 bits per heavy atom. The zero-order chi connectivity index (χ0) is 13.6. The maximum atomic E-state index is 11.0. The molecule has 0 unspecified atom stereocenters. The van der Waals surface area contributed by atoms with E-state index in [1.54, 1.807) is 5.38 Å². The highest BCUT2D eigenvalue weighted by Crippen LogP contribution is 2.25. The summed E-state index contributed by atoms with van der Waals surface area (Å²) in [6.45, 7) is 5.52. The Morgan fingerprint density at radius 2 is 2.11 bits per heavy atom. The highest BCUT2D eigenvalue weighted by molar-refractivity contribution is 7.12. The number of aromatic carboxylic acids is 1. The van der Waals surface area contributed by atoms with Crippen molar-refractivity contribution in [2.24, 2.45) is 5.41 Å². The molecule has 0 radical (unpaired) electrons. The monoisotopic (exact) mass is 271 g/mol. The summed E-state index contributed by atoms with van der Waals surface area (Å²) < 4.78 is 0. The summed E-state index contributed by atoms with van der Waals surface area (Å²) in [6.07, 6.45) is 1.81. The largest absolute Gasteiger partial charge is 0.477 e. The van der Waals surface area contributed by atoms with Crippen LogP contribution in [-0.4, -0.2) is 29.3 Å². The third-order valence-electron chi connectivity index (χ3n) is 3.59. The normalized spacial score (nSPS) is 11.7. The van der Waals surface area contributed by atoms with Crippen LogP contribution < -0.4 is 5.32 Å². The number of thiophene rings is 1. The molecule has 0 saturated heterocycles. The lowest BCUT2D eigenvalue weighted by Gasteiger charge is -2.29. The summed E-state index contributed by atoms with van der Waals surface area (Å²) in [5, 5.41) is 23.5. The van der Waals surface area contributed by atoms with Gasteiger partial charge in [-0.3, -0.25) is 0 Å². The zero-order valence-electron chi connectivity index (χ0n) is 10.9. The fourth-order valence-electron chi connectivity index (χ4n) is 1.90. The number of hydrogen-bond donors (Lipinski definition) is 3. The van der Waals surface area contributed by atoms with Crippen molar-refractivity contribution >= 4 is 17.3 Å². The number of nitrogens with one attached hydrogen (secondary N) is 1. The van der Waals surface area contributed by atoms with Crippen LogP contribution >= 0.6 is 11.3 Å². The summed E-state index contributed by atoms with van der Waals surface area (Å²) in [5.74, 6) is -0.874. The topological polar surface area (TPSA) is 69.6 Å². The first-order valence-electron chi connectivity index (χ1n) is 6.19. The molecule has 3 N–H and O–H groups in total. The molecule has 0 amide bonds. The van der Waals surface area contributed by atoms with Crippen LogP contribution in [0.25, 0.3) is 0 Å². The van der Waals surface area contributed by atoms with Crippen molar-refractivity contribution in [2.45, 2.75) is 33.2 Å². The first kappa shape index (κ1) is 15.1. The number of carbonyl (C=O) groups is 1. The van der Waals surface area contributed by atoms with Gasteiger partial charge in [0.05, 0.1) is 0 Å². The molecule has 1 aromatic rings. The SMILES string of the molecule is CCC(CC)(CO)CNCc1ccsc1C(=O)O. The van der Waals surface area contributed by atoms with E-state index in [1.165, 1.54) is 11.3 Å². The molecule has 0 aromatic carbocycles. The van der Waals surface area contributed by atoms with Crippen molar-refractivity contribution in [3.8, 4) is 0 Å². The second-order valence-corrected chi connectivity index (χ2v) is 5.47. The fourth-order valence-corrected chi connectivity index (χ4v) is 2.67. The second kappa shape index (κ2) is 6.87. The highest BCUT2D eigenvalue weighted by Gasteiger charge is 2.24. The van der Waals surface area contributed by atoms with Crippen molar-refractivity contribution in [2.75, 3.05) is 13.2 Å². The van der Waals surface area contributed by atoms with Crippen LogP contribution in [0.15, 0.2) is 11.4 Å². The number of aliphatic hydroxyl groups excluding tert-OH is 1. The van der Waals surface area contributed by atoms with Gasteiger partial charge in [0.15, 0.2) is 0 Å². The molecule has 0 aliphatic carbocycles. The first-order valence-corrected chi connectivity index (χ1v) is 7.07. The maximum Gasteiger partial charge on any atom is 0.346 e. The summed E-state index contributed by atoms with van der Waals surface area (Å²) in [6, 6.07) is 1.83. The Kier molecular flexibility index (Phi) is 5.78. The Bertz CT molecular complexity index is 377. The lowest BCUT2D eigenvalue weighted by Crippen LogP contribution is -2.36. The average Bonchev–Trinajstić information content (AvgIpc) is 2.84. The van der Waals surface area contributed by atoms with Crippen LogP contribution in [0.5, 0.6) is 0 Å². The van der Waals surface area contributed by atoms with Crippen LogP contribution in [0.4, 0.5) is 0 Å². The molecule has 0 aliphatic heterocycles. The van der Waals surface area contributed by atoms with Crippen LogP contribution in [-0.2, 0) is 6.54 Å². The zero-order valence-corrected chi connectivity index (χ0v) is 11.7. The van der Waals surface area contributed by atoms with Gasteiger partial charge in [-0.2, -0.15) is 0 Å². The predicted octanol–water partition coefficient (Wildman–Crippen LogP) is 2.33. The number of rotatable bonds is 8. The summed E-state index contributed by atoms with van der Waals surface area (Å²) in [4.78, 5) is 11.3. The van der Waals surface area contributed by atoms with E-state index in [2.05, 4.69) is 19.2 Å². The molecule has 1 heterocycles. The molecule has 5 heteroatoms. The molecule has 0 aliphatic rings. The summed E-state index contributed by atoms with van der Waals surface area (Å²) in [7, 11) is 0. The minimum Gasteiger partial charge on any atom is -0.477 e. The van der Waals surface area contributed by atoms with Crippen LogP contribution in [0.1, 0.15) is 41.9 Å². The van der Waals surface area contributed by atoms with Gasteiger partial charge in [0.2, 0.25) is 0 Å². The molecule has 0 spiro atoms. The van der Waals surface area contributed by atoms with Crippen molar-refractivity contribution in [3.63, 3.8) is 0 Å². The lowest BCUT2D eigenvalue weighted by molar-refractivity contribution is 0.0700. The van der Waals surface area contributed by atoms with E-state index in [-0.39, 0.29) is 12.0 Å². The molecular weight excluding hydrogens is 250 g/mol. The number of carboxylic acid groups (broad SMARTS) is 1. The van der Waals surface area contributed by atoms with Gasteiger partial charge in [0.25, 0.3) is 0 Å². The van der Waals surface area contributed by atoms with E-state index in [0.29, 0.717) is 18.0 Å². The van der Waals surface area contributed by atoms with Gasteiger partial charge in [-0.15, -0.1) is 11.3 Å². The molecule has 1 aromatic heterocycles. The first-order chi connectivity index (χ1) is 8.58. The van der Waals surface area contributed by atoms with Crippen molar-refractivity contribution < 1.29 is 15.0 Å². The molecule has 0 bridgehead atoms. The Hall–Kier alpha value is -0.910. The molecule has 4 nitrogen and oxygen atoms in total. The van der Waals surface area contributed by atoms with Crippen LogP contribution in [0.3, 0.4) is 0 Å². The lowest BCUT2D eigenvalue weighted by atomic mass is 9.83. The summed E-state index contributed by atoms with van der Waals surface area (Å²) >= 11 is 1.24. The van der Waals surface area contributed by atoms with Crippen molar-refractivity contribution in [3.05, 3.63) is 21.9 Å². The number of carboxylic acids is 1. The number of hydrogen-bond acceptors (Lipinski definition) is 4. The van der Waals surface area contributed by atoms with Crippen molar-refractivity contribution in [1.82, 2.24) is 5.32 Å². The van der Waals surface area contributed by atoms with E-state index in [9.17, 15) is 9.90 Å².